The van der Waals surface area contributed by atoms with Crippen molar-refractivity contribution in [3.05, 3.63) is 28.5 Å². The summed E-state index contributed by atoms with van der Waals surface area (Å²) in [5, 5.41) is 0. The van der Waals surface area contributed by atoms with Crippen LogP contribution in [0, 0.1) is 5.92 Å². The maximum absolute atomic E-state index is 11.7. The molecule has 1 fully saturated rings. The van der Waals surface area contributed by atoms with Gasteiger partial charge >= 0.3 is 5.97 Å². The van der Waals surface area contributed by atoms with Crippen molar-refractivity contribution in [1.29, 1.82) is 0 Å². The molecule has 0 spiro atoms. The molecule has 1 aromatic rings. The van der Waals surface area contributed by atoms with Crippen LogP contribution < -0.4 is 0 Å². The van der Waals surface area contributed by atoms with E-state index in [1.807, 2.05) is 0 Å². The Hall–Kier alpha value is -0.900. The molecular weight excluding hydrogens is 270 g/mol. The molecule has 0 aliphatic heterocycles. The molecule has 0 saturated heterocycles. The molecule has 0 unspecified atom stereocenters. The third-order valence-corrected chi connectivity index (χ3v) is 3.59. The number of carbonyl (C=O) groups is 1. The lowest BCUT2D eigenvalue weighted by Gasteiger charge is -2.24. The van der Waals surface area contributed by atoms with Crippen molar-refractivity contribution in [2.75, 3.05) is 6.61 Å². The smallest absolute Gasteiger partial charge is 0.340 e. The fraction of sp³-hybridized carbons (Fsp3) is 0.500. The van der Waals surface area contributed by atoms with E-state index >= 15 is 0 Å². The molecule has 0 bridgehead atoms. The van der Waals surface area contributed by atoms with Crippen LogP contribution in [0.1, 0.15) is 36.0 Å². The summed E-state index contributed by atoms with van der Waals surface area (Å²) in [5.74, 6) is 0.476. The maximum Gasteiger partial charge on any atom is 0.340 e. The number of rotatable bonds is 4. The summed E-state index contributed by atoms with van der Waals surface area (Å²) < 4.78 is 5.75. The van der Waals surface area contributed by atoms with Gasteiger partial charge in [-0.2, -0.15) is 0 Å². The van der Waals surface area contributed by atoms with E-state index < -0.39 is 0 Å². The van der Waals surface area contributed by atoms with Gasteiger partial charge in [0.15, 0.2) is 0 Å². The van der Waals surface area contributed by atoms with E-state index in [2.05, 4.69) is 20.9 Å². The summed E-state index contributed by atoms with van der Waals surface area (Å²) in [5.41, 5.74) is 0.496. The number of nitrogens with zero attached hydrogens (tertiary/aromatic N) is 1. The highest BCUT2D eigenvalue weighted by atomic mass is 79.9. The van der Waals surface area contributed by atoms with Gasteiger partial charge < -0.3 is 4.74 Å². The normalized spacial score (nSPS) is 15.6. The number of ether oxygens (including phenoxy) is 1. The molecule has 0 atom stereocenters. The van der Waals surface area contributed by atoms with Crippen molar-refractivity contribution < 1.29 is 9.53 Å². The van der Waals surface area contributed by atoms with E-state index in [0.29, 0.717) is 16.8 Å². The fourth-order valence-corrected chi connectivity index (χ4v) is 2.13. The van der Waals surface area contributed by atoms with Crippen molar-refractivity contribution in [3.63, 3.8) is 0 Å². The first kappa shape index (κ1) is 11.6. The highest BCUT2D eigenvalue weighted by Crippen LogP contribution is 2.29. The van der Waals surface area contributed by atoms with Gasteiger partial charge in [-0.25, -0.2) is 9.78 Å². The molecule has 2 rings (SSSR count). The lowest BCUT2D eigenvalue weighted by molar-refractivity contribution is 0.0462. The number of aromatic nitrogens is 1. The van der Waals surface area contributed by atoms with E-state index in [1.54, 1.807) is 18.3 Å². The monoisotopic (exact) mass is 283 g/mol. The molecular formula is C12H14BrNO2. The summed E-state index contributed by atoms with van der Waals surface area (Å²) in [6.45, 7) is 0.519. The highest BCUT2D eigenvalue weighted by Gasteiger charge is 2.18. The van der Waals surface area contributed by atoms with Gasteiger partial charge in [0.05, 0.1) is 12.2 Å². The Morgan fingerprint density at radius 3 is 3.00 bits per heavy atom. The van der Waals surface area contributed by atoms with Crippen LogP contribution in [0.3, 0.4) is 0 Å². The van der Waals surface area contributed by atoms with E-state index in [4.69, 9.17) is 4.74 Å². The molecule has 0 radical (unpaired) electrons. The molecule has 16 heavy (non-hydrogen) atoms. The first-order chi connectivity index (χ1) is 7.77. The molecule has 3 nitrogen and oxygen atoms in total. The molecule has 1 aliphatic rings. The predicted molar refractivity (Wildman–Crippen MR) is 64.2 cm³/mol. The van der Waals surface area contributed by atoms with Gasteiger partial charge in [0, 0.05) is 6.20 Å². The Balaban J connectivity index is 1.81. The molecule has 1 saturated carbocycles. The van der Waals surface area contributed by atoms with Crippen LogP contribution in [-0.2, 0) is 4.74 Å². The summed E-state index contributed by atoms with van der Waals surface area (Å²) >= 11 is 3.23. The Bertz CT molecular complexity index is 377. The average Bonchev–Trinajstić information content (AvgIpc) is 2.22. The van der Waals surface area contributed by atoms with Crippen LogP contribution in [0.15, 0.2) is 22.9 Å². The highest BCUT2D eigenvalue weighted by molar-refractivity contribution is 9.10. The zero-order valence-electron chi connectivity index (χ0n) is 8.99. The van der Waals surface area contributed by atoms with Gasteiger partial charge in [0.1, 0.15) is 4.60 Å². The molecule has 0 N–H and O–H groups in total. The van der Waals surface area contributed by atoms with Gasteiger partial charge in [-0.15, -0.1) is 0 Å². The molecule has 0 amide bonds. The van der Waals surface area contributed by atoms with Crippen LogP contribution in [0.2, 0.25) is 0 Å². The van der Waals surface area contributed by atoms with Gasteiger partial charge in [-0.05, 0) is 40.4 Å². The van der Waals surface area contributed by atoms with E-state index in [0.717, 1.165) is 12.3 Å². The van der Waals surface area contributed by atoms with Crippen molar-refractivity contribution in [1.82, 2.24) is 4.98 Å². The number of hydrogen-bond donors (Lipinski definition) is 0. The second-order valence-corrected chi connectivity index (χ2v) is 4.81. The number of carbonyl (C=O) groups excluding carboxylic acids is 1. The van der Waals surface area contributed by atoms with E-state index in [-0.39, 0.29) is 5.97 Å². The van der Waals surface area contributed by atoms with Crippen molar-refractivity contribution in [3.8, 4) is 0 Å². The second-order valence-electron chi connectivity index (χ2n) is 4.06. The minimum Gasteiger partial charge on any atom is -0.462 e. The van der Waals surface area contributed by atoms with E-state index in [1.165, 1.54) is 19.3 Å². The standard InChI is InChI=1S/C12H14BrNO2/c13-11-10(5-2-7-14-11)12(15)16-8-6-9-3-1-4-9/h2,5,7,9H,1,3-4,6,8H2. The minimum absolute atomic E-state index is 0.292. The minimum atomic E-state index is -0.292. The lowest BCUT2D eigenvalue weighted by atomic mass is 9.83. The Morgan fingerprint density at radius 1 is 1.56 bits per heavy atom. The SMILES string of the molecule is O=C(OCCC1CCC1)c1cccnc1Br. The molecule has 1 aliphatic carbocycles. The summed E-state index contributed by atoms with van der Waals surface area (Å²) in [7, 11) is 0. The molecule has 1 heterocycles. The first-order valence-electron chi connectivity index (χ1n) is 5.55. The van der Waals surface area contributed by atoms with Gasteiger partial charge in [0.25, 0.3) is 0 Å². The maximum atomic E-state index is 11.7. The van der Waals surface area contributed by atoms with Gasteiger partial charge in [0.2, 0.25) is 0 Å². The average molecular weight is 284 g/mol. The largest absolute Gasteiger partial charge is 0.462 e. The summed E-state index contributed by atoms with van der Waals surface area (Å²) in [6.07, 6.45) is 6.52. The van der Waals surface area contributed by atoms with Crippen molar-refractivity contribution in [2.45, 2.75) is 25.7 Å². The predicted octanol–water partition coefficient (Wildman–Crippen LogP) is 3.19. The van der Waals surface area contributed by atoms with Crippen LogP contribution in [0.5, 0.6) is 0 Å². The number of hydrogen-bond acceptors (Lipinski definition) is 3. The number of pyridine rings is 1. The number of esters is 1. The quantitative estimate of drug-likeness (QED) is 0.629. The van der Waals surface area contributed by atoms with Crippen molar-refractivity contribution in [2.24, 2.45) is 5.92 Å². The molecule has 0 aromatic carbocycles. The van der Waals surface area contributed by atoms with Crippen LogP contribution in [0.25, 0.3) is 0 Å². The van der Waals surface area contributed by atoms with E-state index in [9.17, 15) is 4.79 Å². The third kappa shape index (κ3) is 2.82. The Labute approximate surface area is 103 Å². The fourth-order valence-electron chi connectivity index (χ4n) is 1.72. The Kier molecular flexibility index (Phi) is 3.93. The summed E-state index contributed by atoms with van der Waals surface area (Å²) in [4.78, 5) is 15.6. The number of halogens is 1. The summed E-state index contributed by atoms with van der Waals surface area (Å²) in [6, 6.07) is 3.44. The second kappa shape index (κ2) is 5.43. The molecule has 4 heteroatoms. The third-order valence-electron chi connectivity index (χ3n) is 2.96. The topological polar surface area (TPSA) is 39.2 Å². The lowest BCUT2D eigenvalue weighted by Crippen LogP contribution is -2.15. The Morgan fingerprint density at radius 2 is 2.38 bits per heavy atom. The van der Waals surface area contributed by atoms with Gasteiger partial charge in [-0.1, -0.05) is 19.3 Å². The van der Waals surface area contributed by atoms with Gasteiger partial charge in [-0.3, -0.25) is 0 Å². The zero-order valence-corrected chi connectivity index (χ0v) is 10.6. The van der Waals surface area contributed by atoms with Crippen LogP contribution in [0.4, 0.5) is 0 Å². The zero-order chi connectivity index (χ0) is 11.4. The molecule has 86 valence electrons. The van der Waals surface area contributed by atoms with Crippen LogP contribution in [-0.4, -0.2) is 17.6 Å². The first-order valence-corrected chi connectivity index (χ1v) is 6.34. The molecule has 1 aromatic heterocycles. The van der Waals surface area contributed by atoms with Crippen LogP contribution >= 0.6 is 15.9 Å². The van der Waals surface area contributed by atoms with Crippen molar-refractivity contribution >= 4 is 21.9 Å².